The lowest BCUT2D eigenvalue weighted by atomic mass is 9.77. The molecule has 104 valence electrons. The van der Waals surface area contributed by atoms with Crippen LogP contribution in [0, 0.1) is 17.8 Å². The van der Waals surface area contributed by atoms with Crippen LogP contribution in [0.3, 0.4) is 0 Å². The molecular formula is C19H17NO. The molecule has 2 nitrogen and oxygen atoms in total. The van der Waals surface area contributed by atoms with Crippen molar-refractivity contribution in [3.8, 4) is 12.3 Å². The summed E-state index contributed by atoms with van der Waals surface area (Å²) in [7, 11) is 0. The predicted molar refractivity (Wildman–Crippen MR) is 85.9 cm³/mol. The molecule has 21 heavy (non-hydrogen) atoms. The van der Waals surface area contributed by atoms with E-state index in [1.54, 1.807) is 16.7 Å². The molecule has 0 unspecified atom stereocenters. The molecular weight excluding hydrogens is 258 g/mol. The van der Waals surface area contributed by atoms with Gasteiger partial charge in [-0.3, -0.25) is 9.36 Å². The number of benzene rings is 1. The SMILES string of the molecule is C#Cc1ccc2c(c1)C(n1ccccc1=O)=CC(C)(C)C2. The Morgan fingerprint density at radius 3 is 2.76 bits per heavy atom. The third kappa shape index (κ3) is 2.43. The molecule has 1 aromatic carbocycles. The molecule has 1 heterocycles. The fraction of sp³-hybridized carbons (Fsp3) is 0.211. The van der Waals surface area contributed by atoms with E-state index in [9.17, 15) is 4.79 Å². The summed E-state index contributed by atoms with van der Waals surface area (Å²) in [5, 5.41) is 0. The highest BCUT2D eigenvalue weighted by molar-refractivity contribution is 5.72. The van der Waals surface area contributed by atoms with E-state index in [0.29, 0.717) is 0 Å². The van der Waals surface area contributed by atoms with Gasteiger partial charge in [0.05, 0.1) is 5.70 Å². The van der Waals surface area contributed by atoms with Gasteiger partial charge in [0, 0.05) is 23.4 Å². The van der Waals surface area contributed by atoms with E-state index >= 15 is 0 Å². The van der Waals surface area contributed by atoms with Crippen LogP contribution in [0.4, 0.5) is 0 Å². The molecule has 0 amide bonds. The van der Waals surface area contributed by atoms with Gasteiger partial charge in [0.25, 0.3) is 5.56 Å². The maximum atomic E-state index is 12.2. The van der Waals surface area contributed by atoms with E-state index < -0.39 is 0 Å². The van der Waals surface area contributed by atoms with E-state index in [1.165, 1.54) is 5.56 Å². The summed E-state index contributed by atoms with van der Waals surface area (Å²) in [6.45, 7) is 4.36. The van der Waals surface area contributed by atoms with Crippen LogP contribution in [0.5, 0.6) is 0 Å². The van der Waals surface area contributed by atoms with Gasteiger partial charge < -0.3 is 0 Å². The van der Waals surface area contributed by atoms with E-state index in [-0.39, 0.29) is 11.0 Å². The van der Waals surface area contributed by atoms with Crippen LogP contribution in [0.2, 0.25) is 0 Å². The summed E-state index contributed by atoms with van der Waals surface area (Å²) in [5.74, 6) is 2.67. The second-order valence-electron chi connectivity index (χ2n) is 6.12. The lowest BCUT2D eigenvalue weighted by Gasteiger charge is -2.30. The first-order valence-electron chi connectivity index (χ1n) is 7.01. The Bertz CT molecular complexity index is 831. The number of pyridine rings is 1. The van der Waals surface area contributed by atoms with Crippen molar-refractivity contribution in [2.24, 2.45) is 5.41 Å². The van der Waals surface area contributed by atoms with E-state index in [1.807, 2.05) is 24.4 Å². The summed E-state index contributed by atoms with van der Waals surface area (Å²) >= 11 is 0. The molecule has 2 heteroatoms. The molecule has 0 saturated carbocycles. The molecule has 0 saturated heterocycles. The fourth-order valence-electron chi connectivity index (χ4n) is 2.87. The Morgan fingerprint density at radius 2 is 2.05 bits per heavy atom. The summed E-state index contributed by atoms with van der Waals surface area (Å²) in [6.07, 6.45) is 10.4. The minimum atomic E-state index is -0.0292. The number of nitrogens with zero attached hydrogens (tertiary/aromatic N) is 1. The Kier molecular flexibility index (Phi) is 3.07. The molecule has 1 aliphatic carbocycles. The zero-order chi connectivity index (χ0) is 15.0. The molecule has 0 radical (unpaired) electrons. The van der Waals surface area contributed by atoms with Crippen LogP contribution in [0.15, 0.2) is 53.5 Å². The first kappa shape index (κ1) is 13.5. The lowest BCUT2D eigenvalue weighted by Crippen LogP contribution is -2.25. The monoisotopic (exact) mass is 275 g/mol. The maximum absolute atomic E-state index is 12.2. The van der Waals surface area contributed by atoms with Crippen molar-refractivity contribution in [1.29, 1.82) is 0 Å². The highest BCUT2D eigenvalue weighted by Crippen LogP contribution is 2.37. The van der Waals surface area contributed by atoms with E-state index in [2.05, 4.69) is 31.9 Å². The molecule has 0 spiro atoms. The number of allylic oxidation sites excluding steroid dienone is 1. The Labute approximate surface area is 124 Å². The van der Waals surface area contributed by atoms with Gasteiger partial charge in [-0.05, 0) is 35.6 Å². The number of hydrogen-bond donors (Lipinski definition) is 0. The second-order valence-corrected chi connectivity index (χ2v) is 6.12. The Morgan fingerprint density at radius 1 is 1.24 bits per heavy atom. The number of hydrogen-bond acceptors (Lipinski definition) is 1. The molecule has 1 aromatic heterocycles. The molecule has 2 aromatic rings. The van der Waals surface area contributed by atoms with Crippen LogP contribution >= 0.6 is 0 Å². The van der Waals surface area contributed by atoms with E-state index in [0.717, 1.165) is 23.2 Å². The number of terminal acetylenes is 1. The van der Waals surface area contributed by atoms with E-state index in [4.69, 9.17) is 6.42 Å². The normalized spacial score (nSPS) is 15.8. The molecule has 1 aliphatic rings. The van der Waals surface area contributed by atoms with Gasteiger partial charge in [0.2, 0.25) is 0 Å². The quantitative estimate of drug-likeness (QED) is 0.732. The van der Waals surface area contributed by atoms with Crippen molar-refractivity contribution in [2.45, 2.75) is 20.3 Å². The molecule has 0 N–H and O–H groups in total. The van der Waals surface area contributed by atoms with Gasteiger partial charge in [-0.1, -0.05) is 38.0 Å². The smallest absolute Gasteiger partial charge is 0.255 e. The first-order chi connectivity index (χ1) is 10.00. The van der Waals surface area contributed by atoms with Crippen LogP contribution in [0.1, 0.15) is 30.5 Å². The second kappa shape index (κ2) is 4.79. The van der Waals surface area contributed by atoms with Crippen molar-refractivity contribution >= 4 is 5.70 Å². The number of rotatable bonds is 1. The van der Waals surface area contributed by atoms with Gasteiger partial charge in [-0.15, -0.1) is 6.42 Å². The predicted octanol–water partition coefficient (Wildman–Crippen LogP) is 3.30. The third-order valence-corrected chi connectivity index (χ3v) is 3.81. The summed E-state index contributed by atoms with van der Waals surface area (Å²) in [5.41, 5.74) is 4.02. The Hall–Kier alpha value is -2.53. The van der Waals surface area contributed by atoms with Crippen molar-refractivity contribution in [2.75, 3.05) is 0 Å². The maximum Gasteiger partial charge on any atom is 0.255 e. The summed E-state index contributed by atoms with van der Waals surface area (Å²) < 4.78 is 1.69. The summed E-state index contributed by atoms with van der Waals surface area (Å²) in [4.78, 5) is 12.2. The molecule has 0 bridgehead atoms. The van der Waals surface area contributed by atoms with Crippen molar-refractivity contribution < 1.29 is 0 Å². The number of aromatic nitrogens is 1. The molecule has 0 fully saturated rings. The fourth-order valence-corrected chi connectivity index (χ4v) is 2.87. The van der Waals surface area contributed by atoms with Crippen LogP contribution in [0.25, 0.3) is 5.70 Å². The van der Waals surface area contributed by atoms with Crippen LogP contribution in [-0.2, 0) is 6.42 Å². The zero-order valence-corrected chi connectivity index (χ0v) is 12.3. The average molecular weight is 275 g/mol. The summed E-state index contributed by atoms with van der Waals surface area (Å²) in [6, 6.07) is 11.2. The van der Waals surface area contributed by atoms with Crippen molar-refractivity contribution in [1.82, 2.24) is 4.57 Å². The van der Waals surface area contributed by atoms with Gasteiger partial charge in [0.15, 0.2) is 0 Å². The Balaban J connectivity index is 2.29. The standard InChI is InChI=1S/C19H17NO/c1-4-14-8-9-15-12-19(2,3)13-17(16(15)11-14)20-10-6-5-7-18(20)21/h1,5-11,13H,12H2,2-3H3. The highest BCUT2D eigenvalue weighted by Gasteiger charge is 2.26. The van der Waals surface area contributed by atoms with Gasteiger partial charge in [-0.25, -0.2) is 0 Å². The molecule has 0 atom stereocenters. The van der Waals surface area contributed by atoms with Crippen molar-refractivity contribution in [3.63, 3.8) is 0 Å². The minimum absolute atomic E-state index is 0.00920. The number of fused-ring (bicyclic) bond motifs is 1. The van der Waals surface area contributed by atoms with Gasteiger partial charge in [0.1, 0.15) is 0 Å². The van der Waals surface area contributed by atoms with Crippen LogP contribution in [-0.4, -0.2) is 4.57 Å². The minimum Gasteiger partial charge on any atom is -0.284 e. The first-order valence-corrected chi connectivity index (χ1v) is 7.01. The third-order valence-electron chi connectivity index (χ3n) is 3.81. The zero-order valence-electron chi connectivity index (χ0n) is 12.3. The van der Waals surface area contributed by atoms with Crippen LogP contribution < -0.4 is 5.56 Å². The largest absolute Gasteiger partial charge is 0.284 e. The van der Waals surface area contributed by atoms with Crippen molar-refractivity contribution in [3.05, 3.63) is 75.7 Å². The van der Waals surface area contributed by atoms with Gasteiger partial charge in [-0.2, -0.15) is 0 Å². The average Bonchev–Trinajstić information content (AvgIpc) is 2.46. The highest BCUT2D eigenvalue weighted by atomic mass is 16.1. The van der Waals surface area contributed by atoms with Gasteiger partial charge >= 0.3 is 0 Å². The lowest BCUT2D eigenvalue weighted by molar-refractivity contribution is 0.470. The molecule has 3 rings (SSSR count). The topological polar surface area (TPSA) is 22.0 Å². The molecule has 0 aliphatic heterocycles.